The van der Waals surface area contributed by atoms with E-state index in [1.54, 1.807) is 41.5 Å². The quantitative estimate of drug-likeness (QED) is 0.838. The van der Waals surface area contributed by atoms with Crippen molar-refractivity contribution in [1.82, 2.24) is 19.3 Å². The molecule has 0 spiro atoms. The minimum Gasteiger partial charge on any atom is -0.207 e. The number of halogens is 1. The second-order valence-corrected chi connectivity index (χ2v) is 7.35. The fraction of sp³-hybridized carbons (Fsp3) is 0.333. The number of benzene rings is 1. The van der Waals surface area contributed by atoms with Gasteiger partial charge in [-0.05, 0) is 34.5 Å². The maximum absolute atomic E-state index is 12.6. The van der Waals surface area contributed by atoms with Gasteiger partial charge >= 0.3 is 0 Å². The highest BCUT2D eigenvalue weighted by Gasteiger charge is 2.34. The van der Waals surface area contributed by atoms with Crippen LogP contribution in [0.15, 0.2) is 46.0 Å². The molecule has 6 nitrogen and oxygen atoms in total. The summed E-state index contributed by atoms with van der Waals surface area (Å²) in [5, 5.41) is 8.16. The minimum atomic E-state index is -3.48. The predicted molar refractivity (Wildman–Crippen MR) is 76.6 cm³/mol. The topological polar surface area (TPSA) is 68.1 Å². The normalized spacial score (nSPS) is 20.4. The molecule has 1 fully saturated rings. The molecule has 0 bridgehead atoms. The maximum Gasteiger partial charge on any atom is 0.244 e. The molecule has 0 saturated carbocycles. The van der Waals surface area contributed by atoms with E-state index in [2.05, 4.69) is 26.1 Å². The molecule has 20 heavy (non-hydrogen) atoms. The standard InChI is InChI=1S/C12H13BrN4O2S/c13-11-3-1-2-4-12(11)20(18,19)16-8-5-10(9-16)17-14-6-7-15-17/h1-4,6-7,10H,5,8-9H2. The fourth-order valence-corrected chi connectivity index (χ4v) is 4.78. The molecular weight excluding hydrogens is 344 g/mol. The summed E-state index contributed by atoms with van der Waals surface area (Å²) in [5.41, 5.74) is 0. The average Bonchev–Trinajstić information content (AvgIpc) is 3.10. The third-order valence-corrected chi connectivity index (χ3v) is 6.22. The maximum atomic E-state index is 12.6. The van der Waals surface area contributed by atoms with Gasteiger partial charge < -0.3 is 0 Å². The predicted octanol–water partition coefficient (Wildman–Crippen LogP) is 1.68. The fourth-order valence-electron chi connectivity index (χ4n) is 2.33. The molecule has 1 unspecified atom stereocenters. The number of hydrogen-bond acceptors (Lipinski definition) is 4. The van der Waals surface area contributed by atoms with Crippen molar-refractivity contribution in [2.45, 2.75) is 17.4 Å². The van der Waals surface area contributed by atoms with Gasteiger partial charge in [-0.3, -0.25) is 0 Å². The molecular formula is C12H13BrN4O2S. The van der Waals surface area contributed by atoms with E-state index in [1.807, 2.05) is 0 Å². The van der Waals surface area contributed by atoms with Crippen molar-refractivity contribution < 1.29 is 8.42 Å². The number of nitrogens with zero attached hydrogens (tertiary/aromatic N) is 4. The van der Waals surface area contributed by atoms with Crippen molar-refractivity contribution in [2.24, 2.45) is 0 Å². The van der Waals surface area contributed by atoms with Crippen LogP contribution in [-0.2, 0) is 10.0 Å². The summed E-state index contributed by atoms with van der Waals surface area (Å²) in [4.78, 5) is 1.88. The van der Waals surface area contributed by atoms with Gasteiger partial charge in [0.25, 0.3) is 0 Å². The van der Waals surface area contributed by atoms with Gasteiger partial charge in [0, 0.05) is 17.6 Å². The summed E-state index contributed by atoms with van der Waals surface area (Å²) >= 11 is 3.30. The van der Waals surface area contributed by atoms with Gasteiger partial charge in [-0.1, -0.05) is 12.1 Å². The van der Waals surface area contributed by atoms with Crippen LogP contribution in [0.3, 0.4) is 0 Å². The van der Waals surface area contributed by atoms with Gasteiger partial charge in [-0.15, -0.1) is 0 Å². The Hall–Kier alpha value is -1.25. The molecule has 2 heterocycles. The first-order valence-electron chi connectivity index (χ1n) is 6.19. The molecule has 0 N–H and O–H groups in total. The molecule has 1 atom stereocenters. The summed E-state index contributed by atoms with van der Waals surface area (Å²) in [7, 11) is -3.48. The lowest BCUT2D eigenvalue weighted by atomic mass is 10.3. The third kappa shape index (κ3) is 2.38. The first-order chi connectivity index (χ1) is 9.59. The lowest BCUT2D eigenvalue weighted by Crippen LogP contribution is -2.29. The number of sulfonamides is 1. The second-order valence-electron chi connectivity index (χ2n) is 4.59. The Morgan fingerprint density at radius 1 is 1.20 bits per heavy atom. The van der Waals surface area contributed by atoms with E-state index >= 15 is 0 Å². The smallest absolute Gasteiger partial charge is 0.207 e. The van der Waals surface area contributed by atoms with Crippen molar-refractivity contribution in [3.63, 3.8) is 0 Å². The molecule has 8 heteroatoms. The molecule has 1 saturated heterocycles. The van der Waals surface area contributed by atoms with Crippen LogP contribution in [0.2, 0.25) is 0 Å². The van der Waals surface area contributed by atoms with E-state index in [0.717, 1.165) is 6.42 Å². The summed E-state index contributed by atoms with van der Waals surface area (Å²) in [5.74, 6) is 0. The van der Waals surface area contributed by atoms with Crippen molar-refractivity contribution in [2.75, 3.05) is 13.1 Å². The van der Waals surface area contributed by atoms with Crippen molar-refractivity contribution >= 4 is 26.0 Å². The molecule has 1 aromatic carbocycles. The van der Waals surface area contributed by atoms with Crippen LogP contribution in [0.4, 0.5) is 0 Å². The van der Waals surface area contributed by atoms with Crippen LogP contribution >= 0.6 is 15.9 Å². The molecule has 1 aliphatic heterocycles. The molecule has 1 aromatic heterocycles. The van der Waals surface area contributed by atoms with Crippen LogP contribution in [0, 0.1) is 0 Å². The van der Waals surface area contributed by atoms with Crippen LogP contribution < -0.4 is 0 Å². The SMILES string of the molecule is O=S(=O)(c1ccccc1Br)N1CCC(n2nccn2)C1. The minimum absolute atomic E-state index is 0.00210. The van der Waals surface area contributed by atoms with Gasteiger partial charge in [0.2, 0.25) is 10.0 Å². The molecule has 106 valence electrons. The van der Waals surface area contributed by atoms with Gasteiger partial charge in [0.1, 0.15) is 0 Å². The molecule has 0 amide bonds. The lowest BCUT2D eigenvalue weighted by Gasteiger charge is -2.17. The third-order valence-electron chi connectivity index (χ3n) is 3.34. The highest BCUT2D eigenvalue weighted by Crippen LogP contribution is 2.29. The Labute approximate surface area is 125 Å². The zero-order valence-corrected chi connectivity index (χ0v) is 13.0. The first kappa shape index (κ1) is 13.7. The molecule has 1 aliphatic rings. The first-order valence-corrected chi connectivity index (χ1v) is 8.43. The number of aromatic nitrogens is 3. The Morgan fingerprint density at radius 2 is 1.90 bits per heavy atom. The van der Waals surface area contributed by atoms with E-state index in [4.69, 9.17) is 0 Å². The summed E-state index contributed by atoms with van der Waals surface area (Å²) < 4.78 is 27.3. The molecule has 0 radical (unpaired) electrons. The summed E-state index contributed by atoms with van der Waals surface area (Å²) in [6.45, 7) is 0.883. The Bertz CT molecular complexity index is 702. The highest BCUT2D eigenvalue weighted by molar-refractivity contribution is 9.10. The van der Waals surface area contributed by atoms with Crippen molar-refractivity contribution in [3.05, 3.63) is 41.1 Å². The van der Waals surface area contributed by atoms with E-state index in [1.165, 1.54) is 4.31 Å². The molecule has 0 aliphatic carbocycles. The van der Waals surface area contributed by atoms with E-state index < -0.39 is 10.0 Å². The van der Waals surface area contributed by atoms with E-state index in [0.29, 0.717) is 22.5 Å². The molecule has 3 rings (SSSR count). The largest absolute Gasteiger partial charge is 0.244 e. The van der Waals surface area contributed by atoms with Crippen LogP contribution in [0.25, 0.3) is 0 Å². The Balaban J connectivity index is 1.85. The monoisotopic (exact) mass is 356 g/mol. The number of rotatable bonds is 3. The average molecular weight is 357 g/mol. The van der Waals surface area contributed by atoms with E-state index in [9.17, 15) is 8.42 Å². The number of hydrogen-bond donors (Lipinski definition) is 0. The van der Waals surface area contributed by atoms with Gasteiger partial charge in [-0.25, -0.2) is 8.42 Å². The zero-order valence-electron chi connectivity index (χ0n) is 10.6. The van der Waals surface area contributed by atoms with Gasteiger partial charge in [0.15, 0.2) is 0 Å². The Morgan fingerprint density at radius 3 is 2.60 bits per heavy atom. The van der Waals surface area contributed by atoms with Crippen LogP contribution in [-0.4, -0.2) is 40.8 Å². The van der Waals surface area contributed by atoms with Gasteiger partial charge in [-0.2, -0.15) is 19.3 Å². The second kappa shape index (κ2) is 5.27. The van der Waals surface area contributed by atoms with E-state index in [-0.39, 0.29) is 6.04 Å². The van der Waals surface area contributed by atoms with Crippen molar-refractivity contribution in [3.8, 4) is 0 Å². The van der Waals surface area contributed by atoms with Crippen LogP contribution in [0.5, 0.6) is 0 Å². The van der Waals surface area contributed by atoms with Gasteiger partial charge in [0.05, 0.1) is 23.3 Å². The highest BCUT2D eigenvalue weighted by atomic mass is 79.9. The van der Waals surface area contributed by atoms with Crippen molar-refractivity contribution in [1.29, 1.82) is 0 Å². The summed E-state index contributed by atoms with van der Waals surface area (Å²) in [6, 6.07) is 6.86. The lowest BCUT2D eigenvalue weighted by molar-refractivity contribution is 0.402. The molecule has 2 aromatic rings. The summed E-state index contributed by atoms with van der Waals surface area (Å²) in [6.07, 6.45) is 3.92. The zero-order chi connectivity index (χ0) is 14.2. The Kier molecular flexibility index (Phi) is 3.61. The van der Waals surface area contributed by atoms with Crippen LogP contribution in [0.1, 0.15) is 12.5 Å².